The number of nitroso groups, excluding NO2 is 1. The van der Waals surface area contributed by atoms with Gasteiger partial charge < -0.3 is 15.5 Å². The number of benzene rings is 1. The van der Waals surface area contributed by atoms with Crippen molar-refractivity contribution in [3.8, 4) is 17.1 Å². The van der Waals surface area contributed by atoms with E-state index in [9.17, 15) is 9.70 Å². The molecule has 1 aromatic heterocycles. The van der Waals surface area contributed by atoms with Crippen LogP contribution in [0.15, 0.2) is 28.2 Å². The first-order valence-corrected chi connectivity index (χ1v) is 6.60. The number of aromatic nitrogens is 2. The maximum absolute atomic E-state index is 11.7. The molecule has 0 aliphatic rings. The Balaban J connectivity index is 2.57. The smallest absolute Gasteiger partial charge is 0.282 e. The van der Waals surface area contributed by atoms with E-state index in [0.717, 1.165) is 6.42 Å². The molecule has 0 bridgehead atoms. The molecule has 7 nitrogen and oxygen atoms in total. The van der Waals surface area contributed by atoms with Crippen LogP contribution >= 0.6 is 11.6 Å². The molecule has 3 N–H and O–H groups in total. The quantitative estimate of drug-likeness (QED) is 0.825. The summed E-state index contributed by atoms with van der Waals surface area (Å²) in [5.41, 5.74) is 4.88. The summed E-state index contributed by atoms with van der Waals surface area (Å²) in [6, 6.07) is 4.94. The van der Waals surface area contributed by atoms with Gasteiger partial charge in [-0.1, -0.05) is 18.5 Å². The number of nitrogens with two attached hydrogens (primary N) is 1. The Kier molecular flexibility index (Phi) is 4.54. The van der Waals surface area contributed by atoms with E-state index >= 15 is 0 Å². The van der Waals surface area contributed by atoms with Crippen LogP contribution in [0.25, 0.3) is 11.4 Å². The fourth-order valence-corrected chi connectivity index (χ4v) is 1.90. The van der Waals surface area contributed by atoms with Crippen molar-refractivity contribution in [2.75, 3.05) is 12.3 Å². The maximum Gasteiger partial charge on any atom is 0.282 e. The number of halogens is 1. The van der Waals surface area contributed by atoms with Gasteiger partial charge in [-0.3, -0.25) is 4.79 Å². The van der Waals surface area contributed by atoms with Crippen molar-refractivity contribution in [2.45, 2.75) is 13.3 Å². The molecule has 0 aliphatic heterocycles. The van der Waals surface area contributed by atoms with Gasteiger partial charge in [-0.05, 0) is 29.8 Å². The molecule has 0 amide bonds. The first kappa shape index (κ1) is 15.0. The van der Waals surface area contributed by atoms with E-state index in [1.54, 1.807) is 18.2 Å². The van der Waals surface area contributed by atoms with Crippen LogP contribution in [0.2, 0.25) is 5.02 Å². The van der Waals surface area contributed by atoms with Crippen LogP contribution in [0, 0.1) is 4.91 Å². The average molecular weight is 309 g/mol. The number of nitrogens with zero attached hydrogens (tertiary/aromatic N) is 2. The lowest BCUT2D eigenvalue weighted by Gasteiger charge is -2.11. The maximum atomic E-state index is 11.7. The number of H-pyrrole nitrogens is 1. The third-order valence-electron chi connectivity index (χ3n) is 2.67. The Hall–Kier alpha value is -2.41. The van der Waals surface area contributed by atoms with Crippen LogP contribution < -0.4 is 16.0 Å². The standard InChI is InChI=1S/C13H13ClN4O3/c1-2-5-21-9-4-3-7(14)6-8(9)12-16-11(15)10(18-20)13(19)17-12/h3-4,6H,2,5H2,1H3,(H3,15,16,17,19). The topological polar surface area (TPSA) is 110 Å². The Morgan fingerprint density at radius 1 is 1.48 bits per heavy atom. The number of rotatable bonds is 5. The van der Waals surface area contributed by atoms with Gasteiger partial charge in [-0.2, -0.15) is 0 Å². The third kappa shape index (κ3) is 3.19. The van der Waals surface area contributed by atoms with Gasteiger partial charge in [-0.25, -0.2) is 4.98 Å². The number of nitrogen functional groups attached to an aromatic ring is 1. The van der Waals surface area contributed by atoms with Crippen LogP contribution in [0.5, 0.6) is 5.75 Å². The summed E-state index contributed by atoms with van der Waals surface area (Å²) in [5.74, 6) is 0.430. The second-order valence-electron chi connectivity index (χ2n) is 4.23. The molecular weight excluding hydrogens is 296 g/mol. The van der Waals surface area contributed by atoms with Gasteiger partial charge in [0.2, 0.25) is 5.69 Å². The molecule has 0 radical (unpaired) electrons. The van der Waals surface area contributed by atoms with Gasteiger partial charge in [-0.15, -0.1) is 4.91 Å². The van der Waals surface area contributed by atoms with Crippen LogP contribution in [-0.4, -0.2) is 16.6 Å². The molecule has 0 fully saturated rings. The van der Waals surface area contributed by atoms with E-state index in [2.05, 4.69) is 15.1 Å². The summed E-state index contributed by atoms with van der Waals surface area (Å²) in [5, 5.41) is 3.01. The molecular formula is C13H13ClN4O3. The summed E-state index contributed by atoms with van der Waals surface area (Å²) in [6.07, 6.45) is 0.822. The Labute approximate surface area is 125 Å². The molecule has 2 aromatic rings. The first-order valence-electron chi connectivity index (χ1n) is 6.22. The number of hydrogen-bond acceptors (Lipinski definition) is 6. The largest absolute Gasteiger partial charge is 0.493 e. The zero-order valence-corrected chi connectivity index (χ0v) is 12.0. The van der Waals surface area contributed by atoms with E-state index < -0.39 is 11.2 Å². The average Bonchev–Trinajstić information content (AvgIpc) is 2.45. The van der Waals surface area contributed by atoms with Crippen molar-refractivity contribution in [2.24, 2.45) is 5.18 Å². The van der Waals surface area contributed by atoms with Crippen molar-refractivity contribution < 1.29 is 4.74 Å². The lowest BCUT2D eigenvalue weighted by Crippen LogP contribution is -2.12. The van der Waals surface area contributed by atoms with Crippen molar-refractivity contribution in [3.63, 3.8) is 0 Å². The Bertz CT molecular complexity index is 730. The molecule has 0 saturated heterocycles. The minimum absolute atomic E-state index is 0.165. The summed E-state index contributed by atoms with van der Waals surface area (Å²) < 4.78 is 5.59. The SMILES string of the molecule is CCCOc1ccc(Cl)cc1-c1nc(N)c(N=O)c(=O)[nH]1. The van der Waals surface area contributed by atoms with Gasteiger partial charge in [0.15, 0.2) is 5.82 Å². The van der Waals surface area contributed by atoms with E-state index in [1.165, 1.54) is 0 Å². The minimum Gasteiger partial charge on any atom is -0.493 e. The van der Waals surface area contributed by atoms with Crippen molar-refractivity contribution >= 4 is 23.1 Å². The van der Waals surface area contributed by atoms with Crippen LogP contribution in [-0.2, 0) is 0 Å². The van der Waals surface area contributed by atoms with E-state index in [4.69, 9.17) is 22.1 Å². The molecule has 0 unspecified atom stereocenters. The van der Waals surface area contributed by atoms with Gasteiger partial charge in [0, 0.05) is 5.02 Å². The predicted octanol–water partition coefficient (Wildman–Crippen LogP) is 2.86. The summed E-state index contributed by atoms with van der Waals surface area (Å²) in [4.78, 5) is 28.7. The van der Waals surface area contributed by atoms with Crippen LogP contribution in [0.1, 0.15) is 13.3 Å². The highest BCUT2D eigenvalue weighted by Gasteiger charge is 2.14. The van der Waals surface area contributed by atoms with Gasteiger partial charge in [0.1, 0.15) is 11.6 Å². The third-order valence-corrected chi connectivity index (χ3v) is 2.91. The normalized spacial score (nSPS) is 10.4. The Morgan fingerprint density at radius 3 is 2.86 bits per heavy atom. The molecule has 0 aliphatic carbocycles. The zero-order valence-electron chi connectivity index (χ0n) is 11.2. The number of hydrogen-bond donors (Lipinski definition) is 2. The molecule has 0 saturated carbocycles. The number of anilines is 1. The monoisotopic (exact) mass is 308 g/mol. The summed E-state index contributed by atoms with van der Waals surface area (Å²) >= 11 is 5.96. The highest BCUT2D eigenvalue weighted by Crippen LogP contribution is 2.31. The highest BCUT2D eigenvalue weighted by molar-refractivity contribution is 6.30. The highest BCUT2D eigenvalue weighted by atomic mass is 35.5. The molecule has 110 valence electrons. The van der Waals surface area contributed by atoms with Gasteiger partial charge in [0.25, 0.3) is 5.56 Å². The van der Waals surface area contributed by atoms with Gasteiger partial charge >= 0.3 is 0 Å². The fourth-order valence-electron chi connectivity index (χ4n) is 1.73. The van der Waals surface area contributed by atoms with Crippen LogP contribution in [0.4, 0.5) is 11.5 Å². The van der Waals surface area contributed by atoms with Crippen molar-refractivity contribution in [1.29, 1.82) is 0 Å². The second-order valence-corrected chi connectivity index (χ2v) is 4.67. The molecule has 0 atom stereocenters. The lowest BCUT2D eigenvalue weighted by atomic mass is 10.2. The van der Waals surface area contributed by atoms with Crippen molar-refractivity contribution in [3.05, 3.63) is 38.5 Å². The minimum atomic E-state index is -0.714. The number of aromatic amines is 1. The summed E-state index contributed by atoms with van der Waals surface area (Å²) in [7, 11) is 0. The first-order chi connectivity index (χ1) is 10.1. The molecule has 0 spiro atoms. The summed E-state index contributed by atoms with van der Waals surface area (Å²) in [6.45, 7) is 2.47. The number of ether oxygens (including phenoxy) is 1. The van der Waals surface area contributed by atoms with E-state index in [0.29, 0.717) is 22.9 Å². The Morgan fingerprint density at radius 2 is 2.24 bits per heavy atom. The van der Waals surface area contributed by atoms with E-state index in [-0.39, 0.29) is 11.6 Å². The van der Waals surface area contributed by atoms with Crippen molar-refractivity contribution in [1.82, 2.24) is 9.97 Å². The molecule has 1 aromatic carbocycles. The predicted molar refractivity (Wildman–Crippen MR) is 81.0 cm³/mol. The lowest BCUT2D eigenvalue weighted by molar-refractivity contribution is 0.318. The molecule has 2 rings (SSSR count). The fraction of sp³-hybridized carbons (Fsp3) is 0.231. The number of nitrogens with one attached hydrogen (secondary N) is 1. The molecule has 1 heterocycles. The van der Waals surface area contributed by atoms with Gasteiger partial charge in [0.05, 0.1) is 12.2 Å². The second kappa shape index (κ2) is 6.36. The van der Waals surface area contributed by atoms with Crippen LogP contribution in [0.3, 0.4) is 0 Å². The zero-order chi connectivity index (χ0) is 15.4. The van der Waals surface area contributed by atoms with E-state index in [1.807, 2.05) is 6.92 Å². The molecule has 8 heteroatoms. The molecule has 21 heavy (non-hydrogen) atoms.